The molecule has 2 aromatic rings. The van der Waals surface area contributed by atoms with Gasteiger partial charge in [0.2, 0.25) is 0 Å². The van der Waals surface area contributed by atoms with Crippen LogP contribution in [-0.4, -0.2) is 33.1 Å². The number of nitro benzene ring substituents is 3. The van der Waals surface area contributed by atoms with Gasteiger partial charge in [0.05, 0.1) is 38.6 Å². The van der Waals surface area contributed by atoms with Crippen molar-refractivity contribution in [3.63, 3.8) is 0 Å². The highest BCUT2D eigenvalue weighted by atomic mass is 16.6. The number of nitro groups is 3. The van der Waals surface area contributed by atoms with Crippen molar-refractivity contribution in [3.8, 4) is 11.1 Å². The predicted molar refractivity (Wildman–Crippen MR) is 91.2 cm³/mol. The normalized spacial score (nSPS) is 11.5. The number of rotatable bonds is 5. The Kier molecular flexibility index (Phi) is 4.31. The molecule has 12 heteroatoms. The van der Waals surface area contributed by atoms with Gasteiger partial charge in [-0.1, -0.05) is 0 Å². The molecule has 142 valence electrons. The van der Waals surface area contributed by atoms with Crippen molar-refractivity contribution in [1.82, 2.24) is 0 Å². The molecule has 0 aromatic heterocycles. The molecule has 12 nitrogen and oxygen atoms in total. The maximum Gasteiger partial charge on any atom is 0.339 e. The molecular weight excluding hydrogens is 378 g/mol. The van der Waals surface area contributed by atoms with E-state index >= 15 is 0 Å². The van der Waals surface area contributed by atoms with Crippen molar-refractivity contribution in [2.75, 3.05) is 6.61 Å². The largest absolute Gasteiger partial charge is 0.462 e. The number of benzene rings is 2. The van der Waals surface area contributed by atoms with Crippen LogP contribution >= 0.6 is 0 Å². The van der Waals surface area contributed by atoms with Gasteiger partial charge in [0, 0.05) is 34.9 Å². The van der Waals surface area contributed by atoms with E-state index in [1.54, 1.807) is 0 Å². The maximum absolute atomic E-state index is 12.7. The number of ketones is 1. The second-order valence-corrected chi connectivity index (χ2v) is 5.62. The summed E-state index contributed by atoms with van der Waals surface area (Å²) in [6.45, 7) is 1.40. The number of ether oxygens (including phenoxy) is 1. The minimum atomic E-state index is -1.02. The molecule has 0 fully saturated rings. The predicted octanol–water partition coefficient (Wildman–Crippen LogP) is 2.80. The molecule has 0 saturated heterocycles. The Hall–Kier alpha value is -4.22. The summed E-state index contributed by atoms with van der Waals surface area (Å²) < 4.78 is 4.85. The molecule has 0 amide bonds. The Morgan fingerprint density at radius 1 is 0.893 bits per heavy atom. The summed E-state index contributed by atoms with van der Waals surface area (Å²) in [5.74, 6) is -1.92. The summed E-state index contributed by atoms with van der Waals surface area (Å²) in [5.41, 5.74) is -3.72. The lowest BCUT2D eigenvalue weighted by Crippen LogP contribution is -2.09. The van der Waals surface area contributed by atoms with Crippen molar-refractivity contribution in [1.29, 1.82) is 0 Å². The van der Waals surface area contributed by atoms with Crippen LogP contribution in [0.1, 0.15) is 33.2 Å². The monoisotopic (exact) mass is 387 g/mol. The zero-order chi connectivity index (χ0) is 20.7. The fourth-order valence-electron chi connectivity index (χ4n) is 3.00. The highest BCUT2D eigenvalue weighted by molar-refractivity contribution is 6.26. The van der Waals surface area contributed by atoms with Gasteiger partial charge in [-0.05, 0) is 6.92 Å². The summed E-state index contributed by atoms with van der Waals surface area (Å²) in [4.78, 5) is 56.1. The van der Waals surface area contributed by atoms with Gasteiger partial charge in [0.25, 0.3) is 17.1 Å². The number of esters is 1. The Morgan fingerprint density at radius 3 is 1.93 bits per heavy atom. The van der Waals surface area contributed by atoms with Crippen LogP contribution in [-0.2, 0) is 4.74 Å². The standard InChI is InChI=1S/C16H9N3O9/c1-2-28-16(21)11-5-7(17(22)23)3-9-13(11)14-10(15(9)20)4-8(18(24)25)6-12(14)19(26)27/h3-6H,2H2,1H3. The number of carbonyl (C=O) groups excluding carboxylic acids is 2. The summed E-state index contributed by atoms with van der Waals surface area (Å²) in [6.07, 6.45) is 0. The molecular formula is C16H9N3O9. The van der Waals surface area contributed by atoms with E-state index in [1.807, 2.05) is 0 Å². The fourth-order valence-corrected chi connectivity index (χ4v) is 3.00. The molecule has 0 aliphatic heterocycles. The third-order valence-corrected chi connectivity index (χ3v) is 4.08. The summed E-state index contributed by atoms with van der Waals surface area (Å²) >= 11 is 0. The lowest BCUT2D eigenvalue weighted by atomic mass is 9.97. The molecule has 1 aliphatic rings. The second-order valence-electron chi connectivity index (χ2n) is 5.62. The van der Waals surface area contributed by atoms with Gasteiger partial charge in [-0.3, -0.25) is 35.1 Å². The molecule has 28 heavy (non-hydrogen) atoms. The van der Waals surface area contributed by atoms with Crippen LogP contribution in [0.15, 0.2) is 24.3 Å². The van der Waals surface area contributed by atoms with Crippen LogP contribution in [0.2, 0.25) is 0 Å². The van der Waals surface area contributed by atoms with Gasteiger partial charge in [0.1, 0.15) is 0 Å². The van der Waals surface area contributed by atoms with Crippen molar-refractivity contribution >= 4 is 28.8 Å². The molecule has 0 bridgehead atoms. The molecule has 0 spiro atoms. The molecule has 1 aliphatic carbocycles. The molecule has 0 atom stereocenters. The summed E-state index contributed by atoms with van der Waals surface area (Å²) in [5, 5.41) is 33.7. The zero-order valence-corrected chi connectivity index (χ0v) is 14.0. The summed E-state index contributed by atoms with van der Waals surface area (Å²) in [6, 6.07) is 3.23. The first kappa shape index (κ1) is 18.6. The van der Waals surface area contributed by atoms with E-state index in [-0.39, 0.29) is 28.9 Å². The van der Waals surface area contributed by atoms with Crippen LogP contribution in [0.4, 0.5) is 17.1 Å². The molecule has 3 rings (SSSR count). The topological polar surface area (TPSA) is 173 Å². The Morgan fingerprint density at radius 2 is 1.43 bits per heavy atom. The fraction of sp³-hybridized carbons (Fsp3) is 0.125. The maximum atomic E-state index is 12.7. The van der Waals surface area contributed by atoms with Crippen LogP contribution in [0, 0.1) is 30.3 Å². The quantitative estimate of drug-likeness (QED) is 0.362. The van der Waals surface area contributed by atoms with Crippen molar-refractivity contribution in [3.05, 3.63) is 71.3 Å². The van der Waals surface area contributed by atoms with Gasteiger partial charge >= 0.3 is 5.97 Å². The SMILES string of the molecule is CCOC(=O)c1cc([N+](=O)[O-])cc2c1-c1c(cc([N+](=O)[O-])cc1[N+](=O)[O-])C2=O. The number of hydrogen-bond donors (Lipinski definition) is 0. The minimum Gasteiger partial charge on any atom is -0.462 e. The van der Waals surface area contributed by atoms with E-state index in [1.165, 1.54) is 6.92 Å². The highest BCUT2D eigenvalue weighted by Gasteiger charge is 2.40. The average Bonchev–Trinajstić information content (AvgIpc) is 2.93. The van der Waals surface area contributed by atoms with Gasteiger partial charge in [-0.15, -0.1) is 0 Å². The number of nitrogens with zero attached hydrogens (tertiary/aromatic N) is 3. The van der Waals surface area contributed by atoms with Gasteiger partial charge in [0.15, 0.2) is 5.78 Å². The van der Waals surface area contributed by atoms with Crippen molar-refractivity contribution in [2.45, 2.75) is 6.92 Å². The van der Waals surface area contributed by atoms with E-state index in [0.29, 0.717) is 6.07 Å². The molecule has 0 heterocycles. The van der Waals surface area contributed by atoms with E-state index in [0.717, 1.165) is 18.2 Å². The van der Waals surface area contributed by atoms with E-state index in [4.69, 9.17) is 4.74 Å². The first-order chi connectivity index (χ1) is 13.2. The number of carbonyl (C=O) groups is 2. The Bertz CT molecular complexity index is 1110. The molecule has 0 N–H and O–H groups in total. The van der Waals surface area contributed by atoms with Crippen LogP contribution < -0.4 is 0 Å². The van der Waals surface area contributed by atoms with Crippen molar-refractivity contribution < 1.29 is 29.1 Å². The third kappa shape index (κ3) is 2.72. The van der Waals surface area contributed by atoms with Gasteiger partial charge < -0.3 is 4.74 Å². The molecule has 2 aromatic carbocycles. The molecule has 0 radical (unpaired) electrons. The van der Waals surface area contributed by atoms with Gasteiger partial charge in [-0.25, -0.2) is 4.79 Å². The smallest absolute Gasteiger partial charge is 0.339 e. The Labute approximate surface area is 154 Å². The third-order valence-electron chi connectivity index (χ3n) is 4.08. The molecule has 0 unspecified atom stereocenters. The van der Waals surface area contributed by atoms with Crippen LogP contribution in [0.5, 0.6) is 0 Å². The Balaban J connectivity index is 2.44. The van der Waals surface area contributed by atoms with Crippen LogP contribution in [0.3, 0.4) is 0 Å². The number of fused-ring (bicyclic) bond motifs is 3. The van der Waals surface area contributed by atoms with Crippen molar-refractivity contribution in [2.24, 2.45) is 0 Å². The summed E-state index contributed by atoms with van der Waals surface area (Å²) in [7, 11) is 0. The highest BCUT2D eigenvalue weighted by Crippen LogP contribution is 2.47. The lowest BCUT2D eigenvalue weighted by molar-refractivity contribution is -0.393. The van der Waals surface area contributed by atoms with Crippen LogP contribution in [0.25, 0.3) is 11.1 Å². The zero-order valence-electron chi connectivity index (χ0n) is 14.0. The average molecular weight is 387 g/mol. The lowest BCUT2D eigenvalue weighted by Gasteiger charge is -2.09. The number of non-ortho nitro benzene ring substituents is 2. The first-order valence-corrected chi connectivity index (χ1v) is 7.68. The van der Waals surface area contributed by atoms with E-state index in [9.17, 15) is 39.9 Å². The first-order valence-electron chi connectivity index (χ1n) is 7.68. The molecule has 0 saturated carbocycles. The van der Waals surface area contributed by atoms with E-state index in [2.05, 4.69) is 0 Å². The van der Waals surface area contributed by atoms with E-state index < -0.39 is 49.1 Å². The minimum absolute atomic E-state index is 0.0839. The number of hydrogen-bond acceptors (Lipinski definition) is 9. The second kappa shape index (κ2) is 6.50. The van der Waals surface area contributed by atoms with Gasteiger partial charge in [-0.2, -0.15) is 0 Å².